The molecule has 4 rings (SSSR count). The van der Waals surface area contributed by atoms with Crippen molar-refractivity contribution in [3.63, 3.8) is 0 Å². The second-order valence-corrected chi connectivity index (χ2v) is 6.30. The van der Waals surface area contributed by atoms with Gasteiger partial charge < -0.3 is 20.1 Å². The molecule has 4 aromatic rings. The monoisotopic (exact) mass is 371 g/mol. The van der Waals surface area contributed by atoms with Crippen LogP contribution >= 0.6 is 0 Å². The summed E-state index contributed by atoms with van der Waals surface area (Å²) < 4.78 is 10.5. The lowest BCUT2D eigenvalue weighted by atomic mass is 10.1. The van der Waals surface area contributed by atoms with Gasteiger partial charge in [-0.1, -0.05) is 6.07 Å². The standard InChI is InChI=1S/C23H21N3O2/c1-27-19-9-6-16(7-10-19)26-22-12-13-24-23-15-18(8-11-21(22)23)25-17-4-3-5-20(14-17)28-2/h3-15,25H,1-2H3,(H,24,26). The van der Waals surface area contributed by atoms with Gasteiger partial charge in [-0.25, -0.2) is 0 Å². The van der Waals surface area contributed by atoms with Gasteiger partial charge in [0.05, 0.1) is 19.7 Å². The molecule has 0 fully saturated rings. The fourth-order valence-corrected chi connectivity index (χ4v) is 3.03. The Morgan fingerprint density at radius 2 is 1.43 bits per heavy atom. The maximum atomic E-state index is 5.28. The summed E-state index contributed by atoms with van der Waals surface area (Å²) in [7, 11) is 3.33. The lowest BCUT2D eigenvalue weighted by molar-refractivity contribution is 0.415. The first-order valence-corrected chi connectivity index (χ1v) is 8.96. The van der Waals surface area contributed by atoms with E-state index >= 15 is 0 Å². The van der Waals surface area contributed by atoms with Gasteiger partial charge in [0.25, 0.3) is 0 Å². The summed E-state index contributed by atoms with van der Waals surface area (Å²) in [6.07, 6.45) is 1.81. The van der Waals surface area contributed by atoms with Gasteiger partial charge in [0.1, 0.15) is 11.5 Å². The van der Waals surface area contributed by atoms with Crippen molar-refractivity contribution in [1.82, 2.24) is 4.98 Å². The molecule has 28 heavy (non-hydrogen) atoms. The van der Waals surface area contributed by atoms with Crippen molar-refractivity contribution in [1.29, 1.82) is 0 Å². The van der Waals surface area contributed by atoms with Crippen LogP contribution in [0.4, 0.5) is 22.7 Å². The highest BCUT2D eigenvalue weighted by Gasteiger charge is 2.05. The Hall–Kier alpha value is -3.73. The summed E-state index contributed by atoms with van der Waals surface area (Å²) in [4.78, 5) is 4.52. The minimum Gasteiger partial charge on any atom is -0.497 e. The topological polar surface area (TPSA) is 55.4 Å². The van der Waals surface area contributed by atoms with E-state index in [4.69, 9.17) is 9.47 Å². The van der Waals surface area contributed by atoms with Crippen LogP contribution in [0.25, 0.3) is 10.9 Å². The normalized spacial score (nSPS) is 10.5. The Morgan fingerprint density at radius 3 is 2.21 bits per heavy atom. The van der Waals surface area contributed by atoms with E-state index in [9.17, 15) is 0 Å². The van der Waals surface area contributed by atoms with E-state index in [1.807, 2.05) is 72.9 Å². The molecule has 0 atom stereocenters. The second-order valence-electron chi connectivity index (χ2n) is 6.30. The molecule has 1 aromatic heterocycles. The molecule has 0 bridgehead atoms. The highest BCUT2D eigenvalue weighted by Crippen LogP contribution is 2.29. The molecule has 2 N–H and O–H groups in total. The maximum Gasteiger partial charge on any atom is 0.120 e. The van der Waals surface area contributed by atoms with E-state index in [0.29, 0.717) is 0 Å². The van der Waals surface area contributed by atoms with E-state index in [-0.39, 0.29) is 0 Å². The van der Waals surface area contributed by atoms with E-state index in [1.54, 1.807) is 14.2 Å². The van der Waals surface area contributed by atoms with Crippen molar-refractivity contribution in [2.45, 2.75) is 0 Å². The number of ether oxygens (including phenoxy) is 2. The van der Waals surface area contributed by atoms with Crippen molar-refractivity contribution >= 4 is 33.7 Å². The number of benzene rings is 3. The molecular formula is C23H21N3O2. The zero-order valence-electron chi connectivity index (χ0n) is 15.8. The predicted molar refractivity (Wildman–Crippen MR) is 114 cm³/mol. The molecule has 0 amide bonds. The van der Waals surface area contributed by atoms with Crippen molar-refractivity contribution in [3.05, 3.63) is 79.0 Å². The number of nitrogens with one attached hydrogen (secondary N) is 2. The van der Waals surface area contributed by atoms with Crippen LogP contribution in [-0.4, -0.2) is 19.2 Å². The molecule has 0 spiro atoms. The average Bonchev–Trinajstić information content (AvgIpc) is 2.74. The van der Waals surface area contributed by atoms with E-state index in [1.165, 1.54) is 0 Å². The number of pyridine rings is 1. The SMILES string of the molecule is COc1ccc(Nc2ccnc3cc(Nc4cccc(OC)c4)ccc23)cc1. The van der Waals surface area contributed by atoms with Crippen molar-refractivity contribution < 1.29 is 9.47 Å². The molecular weight excluding hydrogens is 350 g/mol. The summed E-state index contributed by atoms with van der Waals surface area (Å²) >= 11 is 0. The van der Waals surface area contributed by atoms with Crippen LogP contribution in [0.3, 0.4) is 0 Å². The Labute approximate surface area is 164 Å². The van der Waals surface area contributed by atoms with Gasteiger partial charge in [-0.15, -0.1) is 0 Å². The highest BCUT2D eigenvalue weighted by molar-refractivity contribution is 5.94. The molecule has 5 nitrogen and oxygen atoms in total. The smallest absolute Gasteiger partial charge is 0.120 e. The Kier molecular flexibility index (Phi) is 4.97. The van der Waals surface area contributed by atoms with Gasteiger partial charge in [-0.3, -0.25) is 4.98 Å². The number of anilines is 4. The first kappa shape index (κ1) is 17.7. The molecule has 5 heteroatoms. The van der Waals surface area contributed by atoms with Crippen LogP contribution in [0, 0.1) is 0 Å². The molecule has 0 aliphatic rings. The van der Waals surface area contributed by atoms with Gasteiger partial charge >= 0.3 is 0 Å². The van der Waals surface area contributed by atoms with Gasteiger partial charge in [0.15, 0.2) is 0 Å². The lowest BCUT2D eigenvalue weighted by Gasteiger charge is -2.12. The van der Waals surface area contributed by atoms with Crippen molar-refractivity contribution in [2.75, 3.05) is 24.9 Å². The third-order valence-electron chi connectivity index (χ3n) is 4.47. The highest BCUT2D eigenvalue weighted by atomic mass is 16.5. The van der Waals surface area contributed by atoms with Crippen LogP contribution in [0.5, 0.6) is 11.5 Å². The number of hydrogen-bond donors (Lipinski definition) is 2. The zero-order valence-corrected chi connectivity index (χ0v) is 15.8. The van der Waals surface area contributed by atoms with E-state index in [2.05, 4.69) is 21.7 Å². The van der Waals surface area contributed by atoms with Crippen LogP contribution in [0.15, 0.2) is 79.0 Å². The fourth-order valence-electron chi connectivity index (χ4n) is 3.03. The van der Waals surface area contributed by atoms with Gasteiger partial charge in [0, 0.05) is 40.4 Å². The van der Waals surface area contributed by atoms with Gasteiger partial charge in [-0.2, -0.15) is 0 Å². The molecule has 0 saturated carbocycles. The summed E-state index contributed by atoms with van der Waals surface area (Å²) in [5.74, 6) is 1.65. The fraction of sp³-hybridized carbons (Fsp3) is 0.0870. The molecule has 0 unspecified atom stereocenters. The minimum absolute atomic E-state index is 0.815. The molecule has 0 radical (unpaired) electrons. The van der Waals surface area contributed by atoms with Crippen LogP contribution < -0.4 is 20.1 Å². The number of nitrogens with zero attached hydrogens (tertiary/aromatic N) is 1. The largest absolute Gasteiger partial charge is 0.497 e. The Morgan fingerprint density at radius 1 is 0.679 bits per heavy atom. The Bertz CT molecular complexity index is 1090. The van der Waals surface area contributed by atoms with Crippen LogP contribution in [-0.2, 0) is 0 Å². The molecule has 140 valence electrons. The predicted octanol–water partition coefficient (Wildman–Crippen LogP) is 5.74. The summed E-state index contributed by atoms with van der Waals surface area (Å²) in [5.41, 5.74) is 4.84. The third-order valence-corrected chi connectivity index (χ3v) is 4.47. The van der Waals surface area contributed by atoms with Crippen molar-refractivity contribution in [2.24, 2.45) is 0 Å². The first-order valence-electron chi connectivity index (χ1n) is 8.96. The minimum atomic E-state index is 0.815. The number of hydrogen-bond acceptors (Lipinski definition) is 5. The average molecular weight is 371 g/mol. The van der Waals surface area contributed by atoms with Crippen LogP contribution in [0.1, 0.15) is 0 Å². The molecule has 0 aliphatic heterocycles. The lowest BCUT2D eigenvalue weighted by Crippen LogP contribution is -1.95. The molecule has 1 heterocycles. The number of methoxy groups -OCH3 is 2. The number of aromatic nitrogens is 1. The third kappa shape index (κ3) is 3.83. The second kappa shape index (κ2) is 7.88. The van der Waals surface area contributed by atoms with Crippen molar-refractivity contribution in [3.8, 4) is 11.5 Å². The van der Waals surface area contributed by atoms with Gasteiger partial charge in [0.2, 0.25) is 0 Å². The summed E-state index contributed by atoms with van der Waals surface area (Å²) in [6.45, 7) is 0. The molecule has 3 aromatic carbocycles. The number of rotatable bonds is 6. The summed E-state index contributed by atoms with van der Waals surface area (Å²) in [6, 6.07) is 23.8. The molecule has 0 aliphatic carbocycles. The maximum absolute atomic E-state index is 5.28. The van der Waals surface area contributed by atoms with Crippen LogP contribution in [0.2, 0.25) is 0 Å². The first-order chi connectivity index (χ1) is 13.7. The van der Waals surface area contributed by atoms with E-state index in [0.717, 1.165) is 45.2 Å². The summed E-state index contributed by atoms with van der Waals surface area (Å²) in [5, 5.41) is 7.90. The zero-order chi connectivity index (χ0) is 19.3. The molecule has 0 saturated heterocycles. The number of fused-ring (bicyclic) bond motifs is 1. The van der Waals surface area contributed by atoms with Gasteiger partial charge in [-0.05, 0) is 60.7 Å². The Balaban J connectivity index is 1.60. The quantitative estimate of drug-likeness (QED) is 0.453. The van der Waals surface area contributed by atoms with E-state index < -0.39 is 0 Å².